The van der Waals surface area contributed by atoms with E-state index in [4.69, 9.17) is 16.3 Å². The van der Waals surface area contributed by atoms with Gasteiger partial charge in [0, 0.05) is 31.4 Å². The summed E-state index contributed by atoms with van der Waals surface area (Å²) in [4.78, 5) is 2.36. The van der Waals surface area contributed by atoms with E-state index in [2.05, 4.69) is 16.3 Å². The van der Waals surface area contributed by atoms with Crippen LogP contribution in [0.2, 0.25) is 5.02 Å². The predicted molar refractivity (Wildman–Crippen MR) is 67.7 cm³/mol. The fourth-order valence-corrected chi connectivity index (χ4v) is 2.14. The van der Waals surface area contributed by atoms with E-state index < -0.39 is 0 Å². The molecule has 1 fully saturated rings. The molecule has 0 amide bonds. The zero-order chi connectivity index (χ0) is 11.4. The number of nitrogens with zero attached hydrogens (tertiary/aromatic N) is 1. The van der Waals surface area contributed by atoms with Gasteiger partial charge < -0.3 is 15.0 Å². The molecule has 0 bridgehead atoms. The number of rotatable bonds is 2. The zero-order valence-electron chi connectivity index (χ0n) is 9.50. The molecule has 1 N–H and O–H groups in total. The SMILES string of the molecule is COc1cc(N2CCCNCC2)ccc1Cl. The van der Waals surface area contributed by atoms with Gasteiger partial charge in [0.2, 0.25) is 0 Å². The molecule has 1 heterocycles. The minimum Gasteiger partial charge on any atom is -0.495 e. The number of methoxy groups -OCH3 is 1. The van der Waals surface area contributed by atoms with Gasteiger partial charge in [-0.15, -0.1) is 0 Å². The Morgan fingerprint density at radius 3 is 3.00 bits per heavy atom. The van der Waals surface area contributed by atoms with E-state index >= 15 is 0 Å². The number of nitrogens with one attached hydrogen (secondary N) is 1. The Kier molecular flexibility index (Phi) is 3.91. The first-order chi connectivity index (χ1) is 7.81. The topological polar surface area (TPSA) is 24.5 Å². The number of benzene rings is 1. The zero-order valence-corrected chi connectivity index (χ0v) is 10.3. The monoisotopic (exact) mass is 240 g/mol. The average molecular weight is 241 g/mol. The predicted octanol–water partition coefficient (Wildman–Crippen LogP) is 2.15. The molecular formula is C12H17ClN2O. The van der Waals surface area contributed by atoms with Crippen LogP contribution in [0.1, 0.15) is 6.42 Å². The summed E-state index contributed by atoms with van der Waals surface area (Å²) in [6.45, 7) is 4.24. The van der Waals surface area contributed by atoms with Crippen LogP contribution in [-0.4, -0.2) is 33.3 Å². The van der Waals surface area contributed by atoms with Crippen LogP contribution in [0.5, 0.6) is 5.75 Å². The third-order valence-electron chi connectivity index (χ3n) is 2.84. The molecule has 1 aliphatic heterocycles. The largest absolute Gasteiger partial charge is 0.495 e. The van der Waals surface area contributed by atoms with Gasteiger partial charge in [-0.3, -0.25) is 0 Å². The molecule has 4 heteroatoms. The molecule has 1 aromatic rings. The molecule has 0 spiro atoms. The van der Waals surface area contributed by atoms with E-state index in [0.717, 1.165) is 31.9 Å². The van der Waals surface area contributed by atoms with Gasteiger partial charge in [0.1, 0.15) is 5.75 Å². The van der Waals surface area contributed by atoms with Crippen LogP contribution in [0.15, 0.2) is 18.2 Å². The molecule has 0 aliphatic carbocycles. The van der Waals surface area contributed by atoms with Gasteiger partial charge in [-0.2, -0.15) is 0 Å². The maximum absolute atomic E-state index is 6.01. The molecule has 1 aromatic carbocycles. The van der Waals surface area contributed by atoms with Gasteiger partial charge >= 0.3 is 0 Å². The van der Waals surface area contributed by atoms with Crippen molar-refractivity contribution >= 4 is 17.3 Å². The molecule has 0 aromatic heterocycles. The van der Waals surface area contributed by atoms with Gasteiger partial charge in [0.25, 0.3) is 0 Å². The summed E-state index contributed by atoms with van der Waals surface area (Å²) in [5.41, 5.74) is 1.19. The van der Waals surface area contributed by atoms with Crippen molar-refractivity contribution in [2.24, 2.45) is 0 Å². The number of hydrogen-bond acceptors (Lipinski definition) is 3. The number of ether oxygens (including phenoxy) is 1. The fourth-order valence-electron chi connectivity index (χ4n) is 1.95. The molecule has 1 aliphatic rings. The van der Waals surface area contributed by atoms with Crippen LogP contribution in [-0.2, 0) is 0 Å². The summed E-state index contributed by atoms with van der Waals surface area (Å²) in [5, 5.41) is 4.05. The van der Waals surface area contributed by atoms with Crippen molar-refractivity contribution in [2.45, 2.75) is 6.42 Å². The molecule has 88 valence electrons. The Hall–Kier alpha value is -0.930. The smallest absolute Gasteiger partial charge is 0.139 e. The van der Waals surface area contributed by atoms with Gasteiger partial charge in [0.15, 0.2) is 0 Å². The lowest BCUT2D eigenvalue weighted by Gasteiger charge is -2.22. The van der Waals surface area contributed by atoms with Crippen molar-refractivity contribution in [3.63, 3.8) is 0 Å². The van der Waals surface area contributed by atoms with Crippen molar-refractivity contribution < 1.29 is 4.74 Å². The van der Waals surface area contributed by atoms with Crippen LogP contribution in [0, 0.1) is 0 Å². The minimum atomic E-state index is 0.666. The van der Waals surface area contributed by atoms with Crippen LogP contribution < -0.4 is 15.0 Å². The van der Waals surface area contributed by atoms with Gasteiger partial charge in [-0.05, 0) is 25.1 Å². The van der Waals surface area contributed by atoms with Crippen molar-refractivity contribution in [3.05, 3.63) is 23.2 Å². The van der Waals surface area contributed by atoms with Crippen LogP contribution in [0.3, 0.4) is 0 Å². The second-order valence-corrected chi connectivity index (χ2v) is 4.32. The van der Waals surface area contributed by atoms with E-state index in [1.165, 1.54) is 12.1 Å². The lowest BCUT2D eigenvalue weighted by atomic mass is 10.2. The van der Waals surface area contributed by atoms with Crippen molar-refractivity contribution in [1.82, 2.24) is 5.32 Å². The fraction of sp³-hybridized carbons (Fsp3) is 0.500. The first-order valence-corrected chi connectivity index (χ1v) is 5.98. The first-order valence-electron chi connectivity index (χ1n) is 5.60. The maximum Gasteiger partial charge on any atom is 0.139 e. The first kappa shape index (κ1) is 11.6. The van der Waals surface area contributed by atoms with Crippen molar-refractivity contribution in [3.8, 4) is 5.75 Å². The summed E-state index contributed by atoms with van der Waals surface area (Å²) in [5.74, 6) is 0.747. The lowest BCUT2D eigenvalue weighted by molar-refractivity contribution is 0.415. The Morgan fingerprint density at radius 1 is 1.31 bits per heavy atom. The molecular weight excluding hydrogens is 224 g/mol. The van der Waals surface area contributed by atoms with Crippen LogP contribution >= 0.6 is 11.6 Å². The van der Waals surface area contributed by atoms with E-state index in [1.807, 2.05) is 12.1 Å². The molecule has 0 radical (unpaired) electrons. The minimum absolute atomic E-state index is 0.666. The molecule has 2 rings (SSSR count). The highest BCUT2D eigenvalue weighted by molar-refractivity contribution is 6.32. The lowest BCUT2D eigenvalue weighted by Crippen LogP contribution is -2.27. The van der Waals surface area contributed by atoms with Crippen molar-refractivity contribution in [2.75, 3.05) is 38.2 Å². The van der Waals surface area contributed by atoms with Gasteiger partial charge in [-0.25, -0.2) is 0 Å². The average Bonchev–Trinajstić information content (AvgIpc) is 2.58. The van der Waals surface area contributed by atoms with E-state index in [9.17, 15) is 0 Å². The summed E-state index contributed by atoms with van der Waals surface area (Å²) in [7, 11) is 1.65. The maximum atomic E-state index is 6.01. The van der Waals surface area contributed by atoms with Crippen LogP contribution in [0.25, 0.3) is 0 Å². The van der Waals surface area contributed by atoms with Crippen molar-refractivity contribution in [1.29, 1.82) is 0 Å². The third kappa shape index (κ3) is 2.60. The number of halogens is 1. The molecule has 16 heavy (non-hydrogen) atoms. The van der Waals surface area contributed by atoms with Crippen LogP contribution in [0.4, 0.5) is 5.69 Å². The molecule has 3 nitrogen and oxygen atoms in total. The Labute approximate surface area is 101 Å². The quantitative estimate of drug-likeness (QED) is 0.858. The van der Waals surface area contributed by atoms with Gasteiger partial charge in [-0.1, -0.05) is 11.6 Å². The molecule has 0 atom stereocenters. The number of hydrogen-bond donors (Lipinski definition) is 1. The highest BCUT2D eigenvalue weighted by Crippen LogP contribution is 2.29. The third-order valence-corrected chi connectivity index (χ3v) is 3.15. The second kappa shape index (κ2) is 5.41. The van der Waals surface area contributed by atoms with E-state index in [0.29, 0.717) is 5.02 Å². The normalized spacial score (nSPS) is 17.0. The van der Waals surface area contributed by atoms with Gasteiger partial charge in [0.05, 0.1) is 12.1 Å². The Bertz CT molecular complexity index is 349. The molecule has 1 saturated heterocycles. The second-order valence-electron chi connectivity index (χ2n) is 3.91. The Balaban J connectivity index is 2.18. The number of anilines is 1. The van der Waals surface area contributed by atoms with E-state index in [-0.39, 0.29) is 0 Å². The highest BCUT2D eigenvalue weighted by atomic mass is 35.5. The van der Waals surface area contributed by atoms with E-state index in [1.54, 1.807) is 7.11 Å². The summed E-state index contributed by atoms with van der Waals surface area (Å²) in [6, 6.07) is 5.96. The standard InChI is InChI=1S/C12H17ClN2O/c1-16-12-9-10(3-4-11(12)13)15-7-2-5-14-6-8-15/h3-4,9,14H,2,5-8H2,1H3. The summed E-state index contributed by atoms with van der Waals surface area (Å²) < 4.78 is 5.23. The molecule has 0 unspecified atom stereocenters. The molecule has 0 saturated carbocycles. The summed E-state index contributed by atoms with van der Waals surface area (Å²) in [6.07, 6.45) is 1.17. The Morgan fingerprint density at radius 2 is 2.19 bits per heavy atom. The summed E-state index contributed by atoms with van der Waals surface area (Å²) >= 11 is 6.01. The highest BCUT2D eigenvalue weighted by Gasteiger charge is 2.11.